The molecule has 0 amide bonds. The Balaban J connectivity index is 1.62. The van der Waals surface area contributed by atoms with Crippen molar-refractivity contribution >= 4 is 17.6 Å². The van der Waals surface area contributed by atoms with Crippen LogP contribution in [0.1, 0.15) is 57.6 Å². The molecule has 38 heavy (non-hydrogen) atoms. The molecule has 202 valence electrons. The molecule has 2 aromatic rings. The Bertz CT molecular complexity index is 1310. The van der Waals surface area contributed by atoms with Gasteiger partial charge in [0, 0.05) is 11.8 Å². The summed E-state index contributed by atoms with van der Waals surface area (Å²) in [6.07, 6.45) is 8.29. The Morgan fingerprint density at radius 3 is 2.29 bits per heavy atom. The molecule has 7 heteroatoms. The van der Waals surface area contributed by atoms with Crippen molar-refractivity contribution in [2.75, 3.05) is 14.2 Å². The number of Topliss-reactive ketones (excluding diaryl/α,β-unsaturated/α-hetero) is 1. The maximum Gasteiger partial charge on any atom is 0.189 e. The standard InChI is InChI=1S/C31H36O7/c1-29(2)14-6-15-30(3)31(29,38-30)16-13-24(33)22(17-21-9-12-26(35)28(19-21)37-5)23(32)10-7-20-8-11-25(34)27(18-20)36-4/h8-9,11-13,16-19,34-35H,6-7,10,14-15H2,1-5H3. The lowest BCUT2D eigenvalue weighted by atomic mass is 9.64. The fourth-order valence-corrected chi connectivity index (χ4v) is 5.70. The molecule has 4 rings (SSSR count). The average molecular weight is 521 g/mol. The predicted octanol–water partition coefficient (Wildman–Crippen LogP) is 5.56. The molecule has 2 N–H and O–H groups in total. The minimum Gasteiger partial charge on any atom is -0.504 e. The van der Waals surface area contributed by atoms with Crippen molar-refractivity contribution in [1.82, 2.24) is 0 Å². The zero-order valence-corrected chi connectivity index (χ0v) is 22.7. The number of hydrogen-bond donors (Lipinski definition) is 2. The minimum atomic E-state index is -0.535. The van der Waals surface area contributed by atoms with E-state index in [2.05, 4.69) is 20.8 Å². The van der Waals surface area contributed by atoms with E-state index < -0.39 is 11.4 Å². The number of rotatable bonds is 10. The van der Waals surface area contributed by atoms with Crippen LogP contribution in [0.25, 0.3) is 6.08 Å². The Labute approximate surface area is 223 Å². The molecule has 0 radical (unpaired) electrons. The van der Waals surface area contributed by atoms with Crippen molar-refractivity contribution in [3.8, 4) is 23.0 Å². The van der Waals surface area contributed by atoms with E-state index in [1.807, 2.05) is 6.08 Å². The number of methoxy groups -OCH3 is 2. The van der Waals surface area contributed by atoms with Crippen molar-refractivity contribution in [3.63, 3.8) is 0 Å². The Kier molecular flexibility index (Phi) is 7.44. The number of fused-ring (bicyclic) bond motifs is 1. The summed E-state index contributed by atoms with van der Waals surface area (Å²) in [5.41, 5.74) is 0.416. The molecule has 1 aliphatic carbocycles. The molecule has 0 aromatic heterocycles. The number of phenols is 2. The van der Waals surface area contributed by atoms with Crippen molar-refractivity contribution in [2.45, 2.75) is 64.1 Å². The molecular formula is C31H36O7. The molecule has 1 heterocycles. The smallest absolute Gasteiger partial charge is 0.189 e. The van der Waals surface area contributed by atoms with Gasteiger partial charge in [0.1, 0.15) is 5.60 Å². The number of carbonyl (C=O) groups is 2. The maximum absolute atomic E-state index is 13.5. The van der Waals surface area contributed by atoms with Crippen LogP contribution in [-0.4, -0.2) is 47.2 Å². The van der Waals surface area contributed by atoms with Crippen LogP contribution in [0.5, 0.6) is 23.0 Å². The second-order valence-corrected chi connectivity index (χ2v) is 10.9. The highest BCUT2D eigenvalue weighted by Crippen LogP contribution is 2.66. The van der Waals surface area contributed by atoms with E-state index in [-0.39, 0.29) is 46.0 Å². The SMILES string of the molecule is COc1cc(C=C(C(=O)C=CC23OC2(C)CCCC3(C)C)C(=O)CCc2ccc(O)c(OC)c2)ccc1O. The van der Waals surface area contributed by atoms with Gasteiger partial charge in [-0.25, -0.2) is 0 Å². The van der Waals surface area contributed by atoms with E-state index in [1.165, 1.54) is 38.5 Å². The fraction of sp³-hybridized carbons (Fsp3) is 0.419. The van der Waals surface area contributed by atoms with Crippen LogP contribution in [0.3, 0.4) is 0 Å². The quantitative estimate of drug-likeness (QED) is 0.183. The second-order valence-electron chi connectivity index (χ2n) is 10.9. The van der Waals surface area contributed by atoms with Crippen LogP contribution in [-0.2, 0) is 20.7 Å². The molecule has 1 aliphatic heterocycles. The van der Waals surface area contributed by atoms with E-state index >= 15 is 0 Å². The van der Waals surface area contributed by atoms with E-state index in [1.54, 1.807) is 24.3 Å². The molecule has 2 aliphatic rings. The molecule has 0 bridgehead atoms. The summed E-state index contributed by atoms with van der Waals surface area (Å²) in [4.78, 5) is 26.9. The van der Waals surface area contributed by atoms with Gasteiger partial charge in [-0.1, -0.05) is 26.0 Å². The van der Waals surface area contributed by atoms with Crippen LogP contribution < -0.4 is 9.47 Å². The molecule has 2 atom stereocenters. The molecule has 0 spiro atoms. The molecule has 2 fully saturated rings. The second kappa shape index (κ2) is 10.3. The summed E-state index contributed by atoms with van der Waals surface area (Å²) in [6.45, 7) is 6.39. The number of epoxide rings is 1. The van der Waals surface area contributed by atoms with Gasteiger partial charge >= 0.3 is 0 Å². The molecule has 1 saturated heterocycles. The molecule has 7 nitrogen and oxygen atoms in total. The summed E-state index contributed by atoms with van der Waals surface area (Å²) < 4.78 is 16.6. The number of ketones is 2. The summed E-state index contributed by atoms with van der Waals surface area (Å²) in [5.74, 6) is -0.173. The van der Waals surface area contributed by atoms with E-state index in [9.17, 15) is 19.8 Å². The highest BCUT2D eigenvalue weighted by molar-refractivity contribution is 6.27. The minimum absolute atomic E-state index is 0.0176. The van der Waals surface area contributed by atoms with Gasteiger partial charge in [-0.05, 0) is 86.2 Å². The van der Waals surface area contributed by atoms with Crippen molar-refractivity contribution in [3.05, 3.63) is 65.3 Å². The highest BCUT2D eigenvalue weighted by Gasteiger charge is 2.73. The number of allylic oxidation sites excluding steroid dienone is 2. The Hall–Kier alpha value is -3.58. The number of aryl methyl sites for hydroxylation is 1. The Morgan fingerprint density at radius 1 is 0.974 bits per heavy atom. The first kappa shape index (κ1) is 27.5. The summed E-state index contributed by atoms with van der Waals surface area (Å²) in [5, 5.41) is 19.8. The number of carbonyl (C=O) groups excluding carboxylic acids is 2. The monoisotopic (exact) mass is 520 g/mol. The van der Waals surface area contributed by atoms with Crippen LogP contribution in [0.15, 0.2) is 54.1 Å². The predicted molar refractivity (Wildman–Crippen MR) is 145 cm³/mol. The largest absolute Gasteiger partial charge is 0.504 e. The number of aromatic hydroxyl groups is 2. The fourth-order valence-electron chi connectivity index (χ4n) is 5.70. The van der Waals surface area contributed by atoms with E-state index in [0.29, 0.717) is 17.7 Å². The average Bonchev–Trinajstić information content (AvgIpc) is 3.53. The van der Waals surface area contributed by atoms with Gasteiger partial charge in [0.2, 0.25) is 0 Å². The van der Waals surface area contributed by atoms with Gasteiger partial charge in [0.25, 0.3) is 0 Å². The first-order valence-corrected chi connectivity index (χ1v) is 12.9. The summed E-state index contributed by atoms with van der Waals surface area (Å²) in [6, 6.07) is 9.57. The third kappa shape index (κ3) is 5.07. The van der Waals surface area contributed by atoms with Crippen LogP contribution >= 0.6 is 0 Å². The summed E-state index contributed by atoms with van der Waals surface area (Å²) >= 11 is 0. The van der Waals surface area contributed by atoms with Gasteiger partial charge in [-0.2, -0.15) is 0 Å². The molecule has 1 saturated carbocycles. The molecule has 2 aromatic carbocycles. The molecule has 2 unspecified atom stereocenters. The van der Waals surface area contributed by atoms with Crippen LogP contribution in [0.2, 0.25) is 0 Å². The zero-order valence-electron chi connectivity index (χ0n) is 22.7. The van der Waals surface area contributed by atoms with Crippen LogP contribution in [0.4, 0.5) is 0 Å². The van der Waals surface area contributed by atoms with E-state index in [4.69, 9.17) is 14.2 Å². The van der Waals surface area contributed by atoms with Gasteiger partial charge in [0.05, 0.1) is 25.4 Å². The normalized spacial score (nSPS) is 24.1. The third-order valence-electron chi connectivity index (χ3n) is 8.03. The van der Waals surface area contributed by atoms with Gasteiger partial charge in [-0.3, -0.25) is 9.59 Å². The molecular weight excluding hydrogens is 484 g/mol. The lowest BCUT2D eigenvalue weighted by Crippen LogP contribution is -2.41. The lowest BCUT2D eigenvalue weighted by molar-refractivity contribution is -0.119. The zero-order chi connectivity index (χ0) is 27.7. The van der Waals surface area contributed by atoms with E-state index in [0.717, 1.165) is 24.8 Å². The highest BCUT2D eigenvalue weighted by atomic mass is 16.6. The van der Waals surface area contributed by atoms with Gasteiger partial charge in [0.15, 0.2) is 34.6 Å². The lowest BCUT2D eigenvalue weighted by Gasteiger charge is -2.36. The summed E-state index contributed by atoms with van der Waals surface area (Å²) in [7, 11) is 2.90. The maximum atomic E-state index is 13.5. The van der Waals surface area contributed by atoms with Crippen molar-refractivity contribution < 1.29 is 34.0 Å². The Morgan fingerprint density at radius 2 is 1.63 bits per heavy atom. The number of hydrogen-bond acceptors (Lipinski definition) is 7. The van der Waals surface area contributed by atoms with Gasteiger partial charge in [-0.15, -0.1) is 0 Å². The van der Waals surface area contributed by atoms with Crippen molar-refractivity contribution in [2.24, 2.45) is 5.41 Å². The first-order valence-electron chi connectivity index (χ1n) is 12.9. The number of phenolic OH excluding ortho intramolecular Hbond substituents is 2. The third-order valence-corrected chi connectivity index (χ3v) is 8.03. The van der Waals surface area contributed by atoms with Crippen molar-refractivity contribution in [1.29, 1.82) is 0 Å². The topological polar surface area (TPSA) is 106 Å². The van der Waals surface area contributed by atoms with Gasteiger partial charge < -0.3 is 24.4 Å². The first-order chi connectivity index (χ1) is 17.9. The number of benzene rings is 2. The number of ether oxygens (including phenoxy) is 3. The van der Waals surface area contributed by atoms with Crippen LogP contribution in [0, 0.1) is 5.41 Å².